The summed E-state index contributed by atoms with van der Waals surface area (Å²) in [4.78, 5) is 34.1. The van der Waals surface area contributed by atoms with Gasteiger partial charge in [-0.3, -0.25) is 9.69 Å². The molecule has 14 heavy (non-hydrogen) atoms. The molecule has 0 saturated carbocycles. The number of hydrogen-bond acceptors (Lipinski definition) is 4. The van der Waals surface area contributed by atoms with Crippen molar-refractivity contribution in [2.24, 2.45) is 0 Å². The highest BCUT2D eigenvalue weighted by atomic mass is 35.5. The molecule has 1 aliphatic heterocycles. The number of hydrogen-bond donors (Lipinski definition) is 1. The van der Waals surface area contributed by atoms with Gasteiger partial charge in [0.2, 0.25) is 5.91 Å². The van der Waals surface area contributed by atoms with Crippen LogP contribution in [0.25, 0.3) is 0 Å². The van der Waals surface area contributed by atoms with Crippen molar-refractivity contribution < 1.29 is 19.1 Å². The second-order valence-corrected chi connectivity index (χ2v) is 2.93. The summed E-state index contributed by atoms with van der Waals surface area (Å²) >= 11 is 5.27. The third-order valence-electron chi connectivity index (χ3n) is 1.81. The monoisotopic (exact) mass is 220 g/mol. The Hall–Kier alpha value is -1.30. The summed E-state index contributed by atoms with van der Waals surface area (Å²) in [6, 6.07) is -1.41. The molecule has 6 nitrogen and oxygen atoms in total. The molecule has 7 heteroatoms. The SMILES string of the molecule is COC(=O)C1CN(C(=O)CCl)C(=O)N1. The van der Waals surface area contributed by atoms with Crippen LogP contribution in [0.5, 0.6) is 0 Å². The van der Waals surface area contributed by atoms with Crippen LogP contribution in [-0.4, -0.2) is 48.4 Å². The molecule has 0 aliphatic carbocycles. The zero-order valence-corrected chi connectivity index (χ0v) is 8.21. The molecule has 1 N–H and O–H groups in total. The molecule has 1 heterocycles. The standard InChI is InChI=1S/C7H9ClN2O4/c1-14-6(12)4-3-10(5(11)2-8)7(13)9-4/h4H,2-3H2,1H3,(H,9,13). The number of ether oxygens (including phenoxy) is 1. The number of nitrogens with zero attached hydrogens (tertiary/aromatic N) is 1. The van der Waals surface area contributed by atoms with E-state index < -0.39 is 23.9 Å². The van der Waals surface area contributed by atoms with Crippen LogP contribution in [0.3, 0.4) is 0 Å². The summed E-state index contributed by atoms with van der Waals surface area (Å²) in [7, 11) is 1.21. The number of carbonyl (C=O) groups excluding carboxylic acids is 3. The third kappa shape index (κ3) is 1.95. The number of amides is 3. The Kier molecular flexibility index (Phi) is 3.29. The predicted octanol–water partition coefficient (Wildman–Crippen LogP) is -0.681. The van der Waals surface area contributed by atoms with Gasteiger partial charge in [-0.15, -0.1) is 11.6 Å². The Labute approximate surface area is 85.1 Å². The van der Waals surface area contributed by atoms with Crippen molar-refractivity contribution in [3.05, 3.63) is 0 Å². The normalized spacial score (nSPS) is 20.6. The molecular weight excluding hydrogens is 212 g/mol. The van der Waals surface area contributed by atoms with Gasteiger partial charge < -0.3 is 10.1 Å². The summed E-state index contributed by atoms with van der Waals surface area (Å²) in [5.74, 6) is -1.40. The maximum absolute atomic E-state index is 11.1. The van der Waals surface area contributed by atoms with Gasteiger partial charge in [-0.25, -0.2) is 9.59 Å². The molecule has 0 aromatic rings. The second-order valence-electron chi connectivity index (χ2n) is 2.66. The Morgan fingerprint density at radius 2 is 2.36 bits per heavy atom. The van der Waals surface area contributed by atoms with Gasteiger partial charge >= 0.3 is 12.0 Å². The molecule has 1 saturated heterocycles. The lowest BCUT2D eigenvalue weighted by Crippen LogP contribution is -2.35. The first-order valence-corrected chi connectivity index (χ1v) is 4.38. The number of esters is 1. The van der Waals surface area contributed by atoms with Crippen LogP contribution < -0.4 is 5.32 Å². The van der Waals surface area contributed by atoms with Gasteiger partial charge in [-0.05, 0) is 0 Å². The van der Waals surface area contributed by atoms with Crippen molar-refractivity contribution >= 4 is 29.5 Å². The van der Waals surface area contributed by atoms with E-state index in [1.54, 1.807) is 0 Å². The molecule has 1 aliphatic rings. The highest BCUT2D eigenvalue weighted by Crippen LogP contribution is 2.06. The van der Waals surface area contributed by atoms with Gasteiger partial charge in [-0.1, -0.05) is 0 Å². The van der Waals surface area contributed by atoms with Crippen LogP contribution in [0, 0.1) is 0 Å². The van der Waals surface area contributed by atoms with Crippen molar-refractivity contribution in [1.29, 1.82) is 0 Å². The maximum atomic E-state index is 11.1. The van der Waals surface area contributed by atoms with Crippen molar-refractivity contribution in [3.63, 3.8) is 0 Å². The number of alkyl halides is 1. The number of methoxy groups -OCH3 is 1. The van der Waals surface area contributed by atoms with Crippen molar-refractivity contribution in [2.45, 2.75) is 6.04 Å². The number of nitrogens with one attached hydrogen (secondary N) is 1. The smallest absolute Gasteiger partial charge is 0.330 e. The lowest BCUT2D eigenvalue weighted by molar-refractivity contribution is -0.142. The lowest BCUT2D eigenvalue weighted by atomic mass is 10.3. The topological polar surface area (TPSA) is 75.7 Å². The molecule has 0 spiro atoms. The minimum atomic E-state index is -0.792. The van der Waals surface area contributed by atoms with Crippen molar-refractivity contribution in [3.8, 4) is 0 Å². The fourth-order valence-corrected chi connectivity index (χ4v) is 1.25. The van der Waals surface area contributed by atoms with Crippen LogP contribution in [0.4, 0.5) is 4.79 Å². The lowest BCUT2D eigenvalue weighted by Gasteiger charge is -2.09. The molecule has 3 amide bonds. The molecule has 1 unspecified atom stereocenters. The van der Waals surface area contributed by atoms with E-state index in [1.165, 1.54) is 7.11 Å². The van der Waals surface area contributed by atoms with Crippen LogP contribution >= 0.6 is 11.6 Å². The second kappa shape index (κ2) is 4.28. The number of imide groups is 1. The van der Waals surface area contributed by atoms with Gasteiger partial charge in [0.05, 0.1) is 13.7 Å². The minimum absolute atomic E-state index is 0.0307. The fraction of sp³-hybridized carbons (Fsp3) is 0.571. The number of carbonyl (C=O) groups is 3. The first-order chi connectivity index (χ1) is 6.60. The first kappa shape index (κ1) is 10.8. The van der Waals surface area contributed by atoms with Crippen molar-refractivity contribution in [2.75, 3.05) is 19.5 Å². The van der Waals surface area contributed by atoms with E-state index in [0.717, 1.165) is 4.90 Å². The molecule has 0 aromatic carbocycles. The van der Waals surface area contributed by atoms with Crippen LogP contribution in [0.2, 0.25) is 0 Å². The first-order valence-electron chi connectivity index (χ1n) is 3.84. The van der Waals surface area contributed by atoms with E-state index >= 15 is 0 Å². The Morgan fingerprint density at radius 1 is 1.71 bits per heavy atom. The van der Waals surface area contributed by atoms with Gasteiger partial charge in [0.25, 0.3) is 0 Å². The largest absolute Gasteiger partial charge is 0.467 e. The van der Waals surface area contributed by atoms with Crippen LogP contribution in [0.1, 0.15) is 0 Å². The molecule has 0 aromatic heterocycles. The summed E-state index contributed by atoms with van der Waals surface area (Å²) in [5, 5.41) is 2.30. The van der Waals surface area contributed by atoms with E-state index in [2.05, 4.69) is 10.1 Å². The molecule has 0 radical (unpaired) electrons. The predicted molar refractivity (Wildman–Crippen MR) is 46.8 cm³/mol. The van der Waals surface area contributed by atoms with Crippen LogP contribution in [0.15, 0.2) is 0 Å². The van der Waals surface area contributed by atoms with Gasteiger partial charge in [-0.2, -0.15) is 0 Å². The zero-order chi connectivity index (χ0) is 10.7. The zero-order valence-electron chi connectivity index (χ0n) is 7.45. The number of urea groups is 1. The Bertz CT molecular complexity index is 281. The fourth-order valence-electron chi connectivity index (χ4n) is 1.10. The van der Waals surface area contributed by atoms with Gasteiger partial charge in [0.1, 0.15) is 11.9 Å². The number of halogens is 1. The van der Waals surface area contributed by atoms with E-state index in [-0.39, 0.29) is 12.4 Å². The highest BCUT2D eigenvalue weighted by Gasteiger charge is 2.37. The van der Waals surface area contributed by atoms with E-state index in [9.17, 15) is 14.4 Å². The summed E-state index contributed by atoms with van der Waals surface area (Å²) in [6.45, 7) is -0.0307. The molecule has 1 fully saturated rings. The summed E-state index contributed by atoms with van der Waals surface area (Å²) < 4.78 is 4.42. The average Bonchev–Trinajstić information content (AvgIpc) is 2.58. The quantitative estimate of drug-likeness (QED) is 0.494. The van der Waals surface area contributed by atoms with Gasteiger partial charge in [0, 0.05) is 0 Å². The third-order valence-corrected chi connectivity index (χ3v) is 2.04. The average molecular weight is 221 g/mol. The molecule has 1 atom stereocenters. The van der Waals surface area contributed by atoms with E-state index in [0.29, 0.717) is 0 Å². The molecule has 78 valence electrons. The van der Waals surface area contributed by atoms with E-state index in [4.69, 9.17) is 11.6 Å². The van der Waals surface area contributed by atoms with Crippen molar-refractivity contribution in [1.82, 2.24) is 10.2 Å². The Morgan fingerprint density at radius 3 is 2.86 bits per heavy atom. The molecule has 1 rings (SSSR count). The summed E-state index contributed by atoms with van der Waals surface area (Å²) in [6.07, 6.45) is 0. The maximum Gasteiger partial charge on any atom is 0.330 e. The van der Waals surface area contributed by atoms with Gasteiger partial charge in [0.15, 0.2) is 0 Å². The minimum Gasteiger partial charge on any atom is -0.467 e. The number of rotatable bonds is 2. The Balaban J connectivity index is 2.64. The highest BCUT2D eigenvalue weighted by molar-refractivity contribution is 6.28. The molecular formula is C7H9ClN2O4. The van der Waals surface area contributed by atoms with E-state index in [1.807, 2.05) is 0 Å². The van der Waals surface area contributed by atoms with Crippen LogP contribution in [-0.2, 0) is 14.3 Å². The summed E-state index contributed by atoms with van der Waals surface area (Å²) in [5.41, 5.74) is 0. The molecule has 0 bridgehead atoms.